The van der Waals surface area contributed by atoms with Crippen LogP contribution >= 0.6 is 0 Å². The van der Waals surface area contributed by atoms with Crippen LogP contribution in [0.25, 0.3) is 0 Å². The molecule has 0 radical (unpaired) electrons. The fraction of sp³-hybridized carbons (Fsp3) is 0.917. The molecule has 0 aromatic carbocycles. The summed E-state index contributed by atoms with van der Waals surface area (Å²) in [6, 6.07) is 0. The van der Waals surface area contributed by atoms with Crippen LogP contribution in [0.15, 0.2) is 0 Å². The zero-order valence-electron chi connectivity index (χ0n) is 10.8. The van der Waals surface area contributed by atoms with E-state index in [0.717, 1.165) is 38.6 Å². The van der Waals surface area contributed by atoms with Crippen LogP contribution in [0.4, 0.5) is 0 Å². The van der Waals surface area contributed by atoms with Crippen LogP contribution < -0.4 is 0 Å². The van der Waals surface area contributed by atoms with Crippen LogP contribution in [0.3, 0.4) is 0 Å². The van der Waals surface area contributed by atoms with Crippen LogP contribution in [-0.4, -0.2) is 55.5 Å². The molecule has 1 saturated carbocycles. The first-order valence-corrected chi connectivity index (χ1v) is 8.21. The lowest BCUT2D eigenvalue weighted by Gasteiger charge is -2.38. The summed E-state index contributed by atoms with van der Waals surface area (Å²) in [5.74, 6) is 0.137. The third-order valence-electron chi connectivity index (χ3n) is 4.57. The van der Waals surface area contributed by atoms with Gasteiger partial charge in [-0.3, -0.25) is 4.79 Å². The molecule has 3 aliphatic rings. The number of sulfonamides is 1. The number of nitrogens with zero attached hydrogens (tertiary/aromatic N) is 2. The zero-order chi connectivity index (χ0) is 13.0. The van der Waals surface area contributed by atoms with E-state index in [1.54, 1.807) is 9.21 Å². The molecule has 1 aliphatic carbocycles. The fourth-order valence-electron chi connectivity index (χ4n) is 3.26. The molecule has 18 heavy (non-hydrogen) atoms. The van der Waals surface area contributed by atoms with Gasteiger partial charge in [-0.2, -0.15) is 0 Å². The number of hydrogen-bond acceptors (Lipinski definition) is 3. The van der Waals surface area contributed by atoms with Crippen molar-refractivity contribution in [2.24, 2.45) is 5.41 Å². The standard InChI is InChI=1S/C12H20N2O3S/c1-13-8-6-12(11(13)15)5-2-7-14(9-12)18(16,17)10-3-4-10/h10H,2-9H2,1H3/t12-/m0/s1. The molecule has 2 saturated heterocycles. The lowest BCUT2D eigenvalue weighted by Crippen LogP contribution is -2.50. The molecule has 6 heteroatoms. The van der Waals surface area contributed by atoms with Crippen molar-refractivity contribution in [1.29, 1.82) is 0 Å². The van der Waals surface area contributed by atoms with E-state index in [-0.39, 0.29) is 11.2 Å². The van der Waals surface area contributed by atoms with Gasteiger partial charge in [-0.15, -0.1) is 0 Å². The summed E-state index contributed by atoms with van der Waals surface area (Å²) in [7, 11) is -1.32. The van der Waals surface area contributed by atoms with Crippen molar-refractivity contribution in [2.45, 2.75) is 37.4 Å². The molecule has 0 aromatic heterocycles. The summed E-state index contributed by atoms with van der Waals surface area (Å²) in [5, 5.41) is -0.165. The van der Waals surface area contributed by atoms with E-state index in [2.05, 4.69) is 0 Å². The van der Waals surface area contributed by atoms with E-state index < -0.39 is 15.4 Å². The van der Waals surface area contributed by atoms with E-state index in [0.29, 0.717) is 13.1 Å². The Kier molecular flexibility index (Phi) is 2.71. The van der Waals surface area contributed by atoms with Gasteiger partial charge in [0, 0.05) is 26.7 Å². The molecule has 3 fully saturated rings. The summed E-state index contributed by atoms with van der Waals surface area (Å²) >= 11 is 0. The number of hydrogen-bond donors (Lipinski definition) is 0. The number of rotatable bonds is 2. The predicted octanol–water partition coefficient (Wildman–Crippen LogP) is 0.423. The summed E-state index contributed by atoms with van der Waals surface area (Å²) in [4.78, 5) is 14.0. The molecule has 1 amide bonds. The maximum Gasteiger partial charge on any atom is 0.229 e. The van der Waals surface area contributed by atoms with Gasteiger partial charge in [0.05, 0.1) is 10.7 Å². The van der Waals surface area contributed by atoms with E-state index in [1.165, 1.54) is 0 Å². The molecule has 0 N–H and O–H groups in total. The topological polar surface area (TPSA) is 57.7 Å². The second kappa shape index (κ2) is 3.93. The molecule has 0 unspecified atom stereocenters. The van der Waals surface area contributed by atoms with E-state index in [9.17, 15) is 13.2 Å². The SMILES string of the molecule is CN1CC[C@]2(CCCN(S(=O)(=O)C3CC3)C2)C1=O. The first-order chi connectivity index (χ1) is 8.46. The highest BCUT2D eigenvalue weighted by Crippen LogP contribution is 2.42. The number of amides is 1. The molecule has 0 aromatic rings. The molecular formula is C12H20N2O3S. The average Bonchev–Trinajstić information content (AvgIpc) is 3.16. The van der Waals surface area contributed by atoms with Crippen LogP contribution in [0.1, 0.15) is 32.1 Å². The first kappa shape index (κ1) is 12.4. The van der Waals surface area contributed by atoms with Crippen molar-refractivity contribution in [2.75, 3.05) is 26.7 Å². The summed E-state index contributed by atoms with van der Waals surface area (Å²) in [5.41, 5.74) is -0.422. The average molecular weight is 272 g/mol. The molecule has 1 atom stereocenters. The normalized spacial score (nSPS) is 34.5. The van der Waals surface area contributed by atoms with Gasteiger partial charge in [0.25, 0.3) is 0 Å². The highest BCUT2D eigenvalue weighted by molar-refractivity contribution is 7.90. The molecule has 1 spiro atoms. The van der Waals surface area contributed by atoms with Crippen LogP contribution in [0, 0.1) is 5.41 Å². The van der Waals surface area contributed by atoms with Crippen molar-refractivity contribution in [3.05, 3.63) is 0 Å². The Morgan fingerprint density at radius 2 is 1.94 bits per heavy atom. The third-order valence-corrected chi connectivity index (χ3v) is 6.92. The van der Waals surface area contributed by atoms with Gasteiger partial charge in [0.15, 0.2) is 0 Å². The summed E-state index contributed by atoms with van der Waals surface area (Å²) in [6.07, 6.45) is 4.04. The van der Waals surface area contributed by atoms with Gasteiger partial charge in [0.1, 0.15) is 0 Å². The third kappa shape index (κ3) is 1.77. The van der Waals surface area contributed by atoms with Crippen LogP contribution in [-0.2, 0) is 14.8 Å². The van der Waals surface area contributed by atoms with E-state index in [4.69, 9.17) is 0 Å². The largest absolute Gasteiger partial charge is 0.345 e. The van der Waals surface area contributed by atoms with Crippen molar-refractivity contribution in [1.82, 2.24) is 9.21 Å². The minimum absolute atomic E-state index is 0.137. The van der Waals surface area contributed by atoms with Gasteiger partial charge >= 0.3 is 0 Å². The predicted molar refractivity (Wildman–Crippen MR) is 67.4 cm³/mol. The van der Waals surface area contributed by atoms with Gasteiger partial charge in [-0.25, -0.2) is 12.7 Å². The minimum Gasteiger partial charge on any atom is -0.345 e. The molecule has 5 nitrogen and oxygen atoms in total. The first-order valence-electron chi connectivity index (χ1n) is 6.70. The maximum atomic E-state index is 12.3. The second-order valence-corrected chi connectivity index (χ2v) is 8.15. The maximum absolute atomic E-state index is 12.3. The van der Waals surface area contributed by atoms with Crippen LogP contribution in [0.2, 0.25) is 0 Å². The molecule has 2 aliphatic heterocycles. The van der Waals surface area contributed by atoms with Gasteiger partial charge in [-0.05, 0) is 32.1 Å². The molecule has 0 bridgehead atoms. The van der Waals surface area contributed by atoms with Gasteiger partial charge in [0.2, 0.25) is 15.9 Å². The van der Waals surface area contributed by atoms with Crippen molar-refractivity contribution in [3.63, 3.8) is 0 Å². The van der Waals surface area contributed by atoms with Crippen molar-refractivity contribution >= 4 is 15.9 Å². The Labute approximate surface area is 108 Å². The Morgan fingerprint density at radius 1 is 1.22 bits per heavy atom. The fourth-order valence-corrected chi connectivity index (χ4v) is 5.22. The van der Waals surface area contributed by atoms with Gasteiger partial charge in [-0.1, -0.05) is 0 Å². The van der Waals surface area contributed by atoms with Crippen molar-refractivity contribution < 1.29 is 13.2 Å². The van der Waals surface area contributed by atoms with E-state index >= 15 is 0 Å². The van der Waals surface area contributed by atoms with E-state index in [1.807, 2.05) is 7.05 Å². The Bertz CT molecular complexity index is 468. The van der Waals surface area contributed by atoms with Gasteiger partial charge < -0.3 is 4.90 Å². The highest BCUT2D eigenvalue weighted by atomic mass is 32.2. The number of piperidine rings is 1. The molecule has 2 heterocycles. The quantitative estimate of drug-likeness (QED) is 0.732. The lowest BCUT2D eigenvalue weighted by molar-refractivity contribution is -0.136. The number of carbonyl (C=O) groups excluding carboxylic acids is 1. The monoisotopic (exact) mass is 272 g/mol. The van der Waals surface area contributed by atoms with Crippen LogP contribution in [0.5, 0.6) is 0 Å². The molecular weight excluding hydrogens is 252 g/mol. The second-order valence-electron chi connectivity index (χ2n) is 5.94. The molecule has 3 rings (SSSR count). The summed E-state index contributed by atoms with van der Waals surface area (Å²) < 4.78 is 26.1. The Morgan fingerprint density at radius 3 is 2.50 bits per heavy atom. The number of likely N-dealkylation sites (tertiary alicyclic amines) is 1. The summed E-state index contributed by atoms with van der Waals surface area (Å²) in [6.45, 7) is 1.77. The minimum atomic E-state index is -3.13. The Hall–Kier alpha value is -0.620. The Balaban J connectivity index is 1.82. The lowest BCUT2D eigenvalue weighted by atomic mass is 9.79. The molecule has 102 valence electrons. The number of carbonyl (C=O) groups is 1. The zero-order valence-corrected chi connectivity index (χ0v) is 11.6. The highest BCUT2D eigenvalue weighted by Gasteiger charge is 2.51. The van der Waals surface area contributed by atoms with Crippen molar-refractivity contribution in [3.8, 4) is 0 Å². The smallest absolute Gasteiger partial charge is 0.229 e.